The van der Waals surface area contributed by atoms with Gasteiger partial charge in [-0.15, -0.1) is 5.10 Å². The maximum Gasteiger partial charge on any atom is 0.387 e. The smallest absolute Gasteiger partial charge is 0.387 e. The average Bonchev–Trinajstić information content (AvgIpc) is 1.11. The SMILES string of the molecule is CN[C@H](CC(C)C)C(=O)N[C@H]1C(=O)N[C@@H](CC(N)=O)C(=O)N[C@H]2C(=O)N[C@H]3C(=O)N[C@H](C(=O)N[C@H](C(=O)O)c4cc(O)cc(O)c4-c4cc3ccc4O)[C@H](O)c3ccc(c(Cl)c3)Oc3cc2cc(c3O[C@@H]2O[C@H](CO)[C@@H](O)[C@H](O)[C@H]2O[C@H]2C[C@](C)(NCCCc3cn(-c4ccc(OC(F)F)cc4)nn3)[C@H](O)[C@H](C)O2)Oc2ccc(cc2Cl)[C@H]1O. The summed E-state index contributed by atoms with van der Waals surface area (Å²) < 4.78 is 70.9. The number of carbonyl (C=O) groups excluding carboxylic acids is 7. The van der Waals surface area contributed by atoms with Crippen molar-refractivity contribution in [3.05, 3.63) is 153 Å². The summed E-state index contributed by atoms with van der Waals surface area (Å²) in [7, 11) is 1.47. The predicted molar refractivity (Wildman–Crippen MR) is 409 cm³/mol. The molecule has 2 fully saturated rings. The molecule has 14 rings (SSSR count). The first-order valence-electron chi connectivity index (χ1n) is 37.4. The van der Waals surface area contributed by atoms with E-state index in [1.54, 1.807) is 13.1 Å². The maximum atomic E-state index is 16.2. The third-order valence-corrected chi connectivity index (χ3v) is 21.3. The molecule has 636 valence electrons. The highest BCUT2D eigenvalue weighted by atomic mass is 35.5. The van der Waals surface area contributed by atoms with Crippen LogP contribution in [0.4, 0.5) is 8.78 Å². The first-order valence-corrected chi connectivity index (χ1v) is 38.1. The van der Waals surface area contributed by atoms with Crippen LogP contribution in [0.15, 0.2) is 109 Å². The number of carbonyl (C=O) groups is 8. The number of aromatic nitrogens is 3. The van der Waals surface area contributed by atoms with Crippen LogP contribution in [-0.2, 0) is 59.0 Å². The topological polar surface area (TPSA) is 556 Å². The highest BCUT2D eigenvalue weighted by Crippen LogP contribution is 2.50. The summed E-state index contributed by atoms with van der Waals surface area (Å²) in [6.45, 7) is 3.02. The summed E-state index contributed by atoms with van der Waals surface area (Å²) >= 11 is 14.3. The van der Waals surface area contributed by atoms with Crippen molar-refractivity contribution >= 4 is 70.5 Å². The van der Waals surface area contributed by atoms with Gasteiger partial charge in [0.1, 0.15) is 95.2 Å². The van der Waals surface area contributed by atoms with Gasteiger partial charge in [-0.2, -0.15) is 8.78 Å². The molecule has 0 spiro atoms. The number of nitrogens with one attached hydrogen (secondary N) is 8. The van der Waals surface area contributed by atoms with Gasteiger partial charge in [0.25, 0.3) is 0 Å². The summed E-state index contributed by atoms with van der Waals surface area (Å²) in [4.78, 5) is 118. The Morgan fingerprint density at radius 2 is 1.38 bits per heavy atom. The fourth-order valence-electron chi connectivity index (χ4n) is 14.6. The Morgan fingerprint density at radius 1 is 0.739 bits per heavy atom. The number of carboxylic acids is 1. The number of nitrogens with zero attached hydrogens (tertiary/aromatic N) is 3. The van der Waals surface area contributed by atoms with Gasteiger partial charge in [-0.05, 0) is 154 Å². The first-order chi connectivity index (χ1) is 56.5. The monoisotopic (exact) mass is 1700 g/mol. The molecule has 7 aliphatic heterocycles. The van der Waals surface area contributed by atoms with E-state index < -0.39 is 244 Å². The van der Waals surface area contributed by atoms with Gasteiger partial charge < -0.3 is 132 Å². The van der Waals surface area contributed by atoms with Crippen LogP contribution in [0, 0.1) is 5.92 Å². The molecule has 20 N–H and O–H groups in total. The molecule has 18 atom stereocenters. The molecule has 7 aromatic rings. The van der Waals surface area contributed by atoms with Crippen LogP contribution in [-0.4, -0.2) is 219 Å². The van der Waals surface area contributed by atoms with Crippen molar-refractivity contribution in [1.29, 1.82) is 0 Å². The van der Waals surface area contributed by atoms with Crippen molar-refractivity contribution in [1.82, 2.24) is 57.5 Å². The number of nitrogens with two attached hydrogens (primary N) is 1. The molecule has 37 nitrogen and oxygen atoms in total. The molecule has 0 unspecified atom stereocenters. The maximum absolute atomic E-state index is 16.2. The molecule has 0 aliphatic carbocycles. The van der Waals surface area contributed by atoms with Crippen LogP contribution >= 0.6 is 23.2 Å². The predicted octanol–water partition coefficient (Wildman–Crippen LogP) is 2.55. The van der Waals surface area contributed by atoms with Gasteiger partial charge in [0.15, 0.2) is 29.9 Å². The summed E-state index contributed by atoms with van der Waals surface area (Å²) in [6, 6.07) is 4.75. The van der Waals surface area contributed by atoms with Crippen molar-refractivity contribution in [2.75, 3.05) is 20.2 Å². The summed E-state index contributed by atoms with van der Waals surface area (Å²) in [6.07, 6.45) is -16.7. The zero-order chi connectivity index (χ0) is 85.9. The van der Waals surface area contributed by atoms with Gasteiger partial charge in [-0.1, -0.05) is 60.5 Å². The number of carboxylic acid groups (broad SMARTS) is 1. The number of phenols is 3. The standard InChI is InChI=1S/C78H86Cl2F2N12O25/c1-31(2)19-45(84-5)69(105)90-60-62(100)34-9-16-49(43(79)21-34)115-51-23-36-24-52(66(51)119-76-67(65(103)64(102)53(30-95)117-76)118-55-28-78(4,68(104)32(3)113-55)85-18-6-7-37-29-94(93-92-37)38-11-13-40(14-12-38)114-77(81)82)116-50-17-10-35(22-44(50)80)63(101)61-74(110)89-59(75(111)112)42-25-39(96)26-48(98)56(42)41-20-33(8-15-47(41)97)57(71(107)91-61)88-72(108)58(36)87-70(106)46(27-54(83)99)86-73(60)109/h8-17,20-26,29,31-32,45-46,53,55,57-65,67-68,76-77,84-85,95-98,100-104H,6-7,18-19,27-28,30H2,1-5H3,(H2,83,99)(H,86,109)(H,87,106)(H,88,108)(H,89,110)(H,90,105)(H,91,107)(H,111,112)/t32-,45+,46-,53+,55-,57+,58+,59-,60+,61-,62+,63+,64+,65-,67+,68+,76-,78-/m0/s1. The minimum atomic E-state index is -3.02. The van der Waals surface area contributed by atoms with E-state index in [1.165, 1.54) is 55.1 Å². The third-order valence-electron chi connectivity index (χ3n) is 20.7. The number of hydrogen-bond donors (Lipinski definition) is 19. The minimum Gasteiger partial charge on any atom is -0.508 e. The molecule has 8 heterocycles. The quantitative estimate of drug-likeness (QED) is 0.0460. The van der Waals surface area contributed by atoms with Crippen LogP contribution in [0.5, 0.6) is 51.7 Å². The summed E-state index contributed by atoms with van der Waals surface area (Å²) in [5.41, 5.74) is 2.58. The van der Waals surface area contributed by atoms with Crippen LogP contribution in [0.1, 0.15) is 117 Å². The number of aryl methyl sites for hydroxylation is 1. The molecule has 7 aliphatic rings. The van der Waals surface area contributed by atoms with E-state index in [0.717, 1.165) is 66.7 Å². The van der Waals surface area contributed by atoms with Gasteiger partial charge in [-0.3, -0.25) is 33.6 Å². The van der Waals surface area contributed by atoms with E-state index in [1.807, 2.05) is 13.8 Å². The number of benzene rings is 6. The lowest BCUT2D eigenvalue weighted by Crippen LogP contribution is -2.65. The van der Waals surface area contributed by atoms with Crippen LogP contribution in [0.3, 0.4) is 0 Å². The number of likely N-dealkylation sites (N-methyl/N-ethyl adjacent to an activating group) is 1. The third kappa shape index (κ3) is 19.4. The van der Waals surface area contributed by atoms with E-state index in [9.17, 15) is 83.8 Å². The van der Waals surface area contributed by atoms with E-state index in [4.69, 9.17) is 57.4 Å². The average molecular weight is 1700 g/mol. The number of hydrogen-bond acceptors (Lipinski definition) is 28. The molecule has 1 aromatic heterocycles. The van der Waals surface area contributed by atoms with Gasteiger partial charge in [-0.25, -0.2) is 9.48 Å². The molecule has 41 heteroatoms. The second-order valence-electron chi connectivity index (χ2n) is 29.7. The lowest BCUT2D eigenvalue weighted by molar-refractivity contribution is -0.334. The first kappa shape index (κ1) is 87.1. The summed E-state index contributed by atoms with van der Waals surface area (Å²) in [5, 5.41) is 145. The zero-order valence-electron chi connectivity index (χ0n) is 63.8. The van der Waals surface area contributed by atoms with Crippen LogP contribution in [0.2, 0.25) is 10.0 Å². The molecule has 7 amide bonds. The number of aliphatic carboxylic acids is 1. The number of halogens is 4. The number of primary amides is 1. The van der Waals surface area contributed by atoms with E-state index >= 15 is 14.4 Å². The van der Waals surface area contributed by atoms with Gasteiger partial charge in [0, 0.05) is 34.7 Å². The Kier molecular flexibility index (Phi) is 26.8. The van der Waals surface area contributed by atoms with Gasteiger partial charge in [0.05, 0.1) is 58.9 Å². The number of alkyl halides is 2. The van der Waals surface area contributed by atoms with Gasteiger partial charge >= 0.3 is 12.6 Å². The molecular formula is C78H86Cl2F2N12O25. The highest BCUT2D eigenvalue weighted by molar-refractivity contribution is 6.32. The molecule has 0 radical (unpaired) electrons. The molecule has 11 bridgehead atoms. The fraction of sp³-hybridized carbons (Fsp3) is 0.410. The second-order valence-corrected chi connectivity index (χ2v) is 30.5. The number of ether oxygens (including phenoxy) is 7. The van der Waals surface area contributed by atoms with Crippen molar-refractivity contribution in [2.24, 2.45) is 11.7 Å². The second kappa shape index (κ2) is 36.6. The number of aliphatic hydroxyl groups excluding tert-OH is 6. The molecule has 2 saturated heterocycles. The Hall–Kier alpha value is -11.2. The van der Waals surface area contributed by atoms with Crippen molar-refractivity contribution in [2.45, 2.75) is 176 Å². The molecular weight excluding hydrogens is 1610 g/mol. The van der Waals surface area contributed by atoms with Crippen molar-refractivity contribution in [3.63, 3.8) is 0 Å². The molecule has 6 aromatic carbocycles. The minimum absolute atomic E-state index is 0.0600. The Labute approximate surface area is 685 Å². The Morgan fingerprint density at radius 3 is 2.00 bits per heavy atom. The number of aromatic hydroxyl groups is 3. The van der Waals surface area contributed by atoms with Crippen molar-refractivity contribution in [3.8, 4) is 68.6 Å². The van der Waals surface area contributed by atoms with Crippen LogP contribution < -0.4 is 67.2 Å². The Bertz CT molecular complexity index is 5000. The highest BCUT2D eigenvalue weighted by Gasteiger charge is 2.52. The van der Waals surface area contributed by atoms with Gasteiger partial charge in [0.2, 0.25) is 53.4 Å². The number of amides is 7. The summed E-state index contributed by atoms with van der Waals surface area (Å²) in [5.74, 6) is -16.4. The van der Waals surface area contributed by atoms with E-state index in [-0.39, 0.29) is 58.5 Å². The molecule has 119 heavy (non-hydrogen) atoms. The van der Waals surface area contributed by atoms with Crippen molar-refractivity contribution < 1.29 is 131 Å². The fourth-order valence-corrected chi connectivity index (χ4v) is 15.1. The Balaban J connectivity index is 1.00. The normalized spacial score (nSPS) is 26.8. The number of phenolic OH excluding ortho intramolecular Hbond substituents is 3. The lowest BCUT2D eigenvalue weighted by atomic mass is 9.85. The van der Waals surface area contributed by atoms with Crippen LogP contribution in [0.25, 0.3) is 16.8 Å². The number of fused-ring (bicyclic) bond motifs is 15. The number of aliphatic hydroxyl groups is 6. The largest absolute Gasteiger partial charge is 0.508 e. The number of rotatable bonds is 21. The lowest BCUT2D eigenvalue weighted by Gasteiger charge is -2.48. The molecule has 0 saturated carbocycles. The van der Waals surface area contributed by atoms with E-state index in [2.05, 4.69) is 57.6 Å². The van der Waals surface area contributed by atoms with E-state index in [0.29, 0.717) is 24.2 Å². The zero-order valence-corrected chi connectivity index (χ0v) is 65.4.